The zero-order valence-corrected chi connectivity index (χ0v) is 26.1. The molecule has 232 valence electrons. The summed E-state index contributed by atoms with van der Waals surface area (Å²) in [5.41, 5.74) is 1.53. The molecule has 0 unspecified atom stereocenters. The molecule has 0 radical (unpaired) electrons. The second-order valence-corrected chi connectivity index (χ2v) is 14.4. The standard InChI is InChI=1S/C34H45N3O6/c1-6-40-30(39)17-37-16-23(35-36-37)19-41-29-15-33(5)22(13-27(29)38)7-8-24-25(33)10-11-32(4)26(24)14-28-31(32)21(3)34(43-28)12-9-20(2)18-42-34/h7-8,13,15-16,20-21,24-26,28,31H,6,9-12,14,17-19H2,1-5H3/t20-,21+,24-,25+,26+,28+,31+,32+,33+,34-/m1/s1. The quantitative estimate of drug-likeness (QED) is 0.418. The van der Waals surface area contributed by atoms with E-state index in [0.717, 1.165) is 37.9 Å². The third kappa shape index (κ3) is 4.55. The van der Waals surface area contributed by atoms with Gasteiger partial charge in [0.2, 0.25) is 5.78 Å². The highest BCUT2D eigenvalue weighted by molar-refractivity contribution is 6.04. The summed E-state index contributed by atoms with van der Waals surface area (Å²) in [6.07, 6.45) is 15.8. The van der Waals surface area contributed by atoms with Crippen LogP contribution in [0.3, 0.4) is 0 Å². The number of allylic oxidation sites excluding steroid dienone is 5. The first-order valence-corrected chi connectivity index (χ1v) is 16.2. The van der Waals surface area contributed by atoms with Crippen LogP contribution < -0.4 is 0 Å². The van der Waals surface area contributed by atoms with Gasteiger partial charge in [-0.15, -0.1) is 5.10 Å². The summed E-state index contributed by atoms with van der Waals surface area (Å²) in [5, 5.41) is 8.10. The topological polar surface area (TPSA) is 102 Å². The van der Waals surface area contributed by atoms with E-state index in [1.807, 2.05) is 0 Å². The van der Waals surface area contributed by atoms with E-state index in [9.17, 15) is 9.59 Å². The maximum Gasteiger partial charge on any atom is 0.327 e. The number of ketones is 1. The van der Waals surface area contributed by atoms with Gasteiger partial charge in [0, 0.05) is 17.8 Å². The molecular weight excluding hydrogens is 546 g/mol. The molecule has 0 amide bonds. The summed E-state index contributed by atoms with van der Waals surface area (Å²) in [6.45, 7) is 12.4. The van der Waals surface area contributed by atoms with Crippen molar-refractivity contribution in [3.8, 4) is 0 Å². The number of rotatable bonds is 6. The molecular formula is C34H45N3O6. The first-order chi connectivity index (χ1) is 20.6. The molecule has 0 bridgehead atoms. The Labute approximate surface area is 254 Å². The SMILES string of the molecule is CCOC(=O)Cn1cc(COC2=C[C@@]3(C)C(=CC2=O)C=C[C@H]2[C@@H]4C[C@@H]5O[C@]6(CC[C@@H](C)CO6)[C@@H](C)[C@@H]5[C@@]4(C)CC[C@@H]23)nn1. The summed E-state index contributed by atoms with van der Waals surface area (Å²) >= 11 is 0. The monoisotopic (exact) mass is 591 g/mol. The average Bonchev–Trinajstić information content (AvgIpc) is 3.61. The van der Waals surface area contributed by atoms with Crippen LogP contribution in [-0.2, 0) is 41.7 Å². The molecule has 6 aliphatic rings. The Bertz CT molecular complexity index is 1390. The van der Waals surface area contributed by atoms with Gasteiger partial charge in [0.25, 0.3) is 0 Å². The first-order valence-electron chi connectivity index (χ1n) is 16.2. The third-order valence-corrected chi connectivity index (χ3v) is 12.0. The van der Waals surface area contributed by atoms with Gasteiger partial charge < -0.3 is 18.9 Å². The highest BCUT2D eigenvalue weighted by atomic mass is 16.7. The molecule has 9 heteroatoms. The van der Waals surface area contributed by atoms with Gasteiger partial charge in [-0.05, 0) is 85.3 Å². The number of hydrogen-bond acceptors (Lipinski definition) is 8. The summed E-state index contributed by atoms with van der Waals surface area (Å²) in [6, 6.07) is 0. The number of esters is 1. The Kier molecular flexibility index (Phi) is 7.00. The number of aromatic nitrogens is 3. The van der Waals surface area contributed by atoms with Crippen molar-refractivity contribution in [3.63, 3.8) is 0 Å². The summed E-state index contributed by atoms with van der Waals surface area (Å²) in [4.78, 5) is 24.9. The lowest BCUT2D eigenvalue weighted by atomic mass is 9.49. The van der Waals surface area contributed by atoms with Crippen LogP contribution in [0.25, 0.3) is 0 Å². The number of ether oxygens (including phenoxy) is 4. The molecule has 2 aliphatic heterocycles. The highest BCUT2D eigenvalue weighted by Gasteiger charge is 2.68. The van der Waals surface area contributed by atoms with Crippen LogP contribution in [0.15, 0.2) is 41.8 Å². The van der Waals surface area contributed by atoms with Crippen LogP contribution in [0.2, 0.25) is 0 Å². The van der Waals surface area contributed by atoms with Crippen LogP contribution in [-0.4, -0.2) is 51.9 Å². The normalized spacial score (nSPS) is 42.9. The fourth-order valence-electron chi connectivity index (χ4n) is 9.83. The Balaban J connectivity index is 1.08. The highest BCUT2D eigenvalue weighted by Crippen LogP contribution is 2.69. The molecule has 4 aliphatic carbocycles. The Morgan fingerprint density at radius 2 is 2.02 bits per heavy atom. The zero-order valence-electron chi connectivity index (χ0n) is 26.1. The van der Waals surface area contributed by atoms with Gasteiger partial charge in [0.15, 0.2) is 11.5 Å². The van der Waals surface area contributed by atoms with Gasteiger partial charge in [-0.2, -0.15) is 0 Å². The largest absolute Gasteiger partial charge is 0.483 e. The van der Waals surface area contributed by atoms with Crippen molar-refractivity contribution in [2.24, 2.45) is 46.3 Å². The van der Waals surface area contributed by atoms with Crippen LogP contribution in [0.1, 0.15) is 72.4 Å². The van der Waals surface area contributed by atoms with Gasteiger partial charge in [-0.25, -0.2) is 4.68 Å². The molecule has 1 aromatic heterocycles. The molecule has 0 N–H and O–H groups in total. The minimum absolute atomic E-state index is 0.0130. The van der Waals surface area contributed by atoms with Crippen molar-refractivity contribution in [1.29, 1.82) is 0 Å². The van der Waals surface area contributed by atoms with E-state index in [4.69, 9.17) is 18.9 Å². The maximum absolute atomic E-state index is 13.1. The van der Waals surface area contributed by atoms with E-state index in [0.29, 0.717) is 53.6 Å². The second-order valence-electron chi connectivity index (χ2n) is 14.4. The lowest BCUT2D eigenvalue weighted by Gasteiger charge is -2.55. The van der Waals surface area contributed by atoms with Crippen molar-refractivity contribution >= 4 is 11.8 Å². The lowest BCUT2D eigenvalue weighted by Crippen LogP contribution is -2.51. The van der Waals surface area contributed by atoms with Crippen molar-refractivity contribution in [2.75, 3.05) is 13.2 Å². The van der Waals surface area contributed by atoms with E-state index in [1.54, 1.807) is 19.2 Å². The molecule has 1 spiro atoms. The Morgan fingerprint density at radius 3 is 2.79 bits per heavy atom. The second kappa shape index (κ2) is 10.4. The maximum atomic E-state index is 13.1. The molecule has 2 saturated carbocycles. The van der Waals surface area contributed by atoms with Gasteiger partial charge in [0.05, 0.1) is 25.5 Å². The van der Waals surface area contributed by atoms with E-state index >= 15 is 0 Å². The molecule has 2 saturated heterocycles. The summed E-state index contributed by atoms with van der Waals surface area (Å²) in [5.74, 6) is 2.28. The van der Waals surface area contributed by atoms with Crippen LogP contribution >= 0.6 is 0 Å². The van der Waals surface area contributed by atoms with E-state index in [2.05, 4.69) is 56.2 Å². The Hall–Kier alpha value is -2.78. The van der Waals surface area contributed by atoms with Crippen LogP contribution in [0.4, 0.5) is 0 Å². The van der Waals surface area contributed by atoms with E-state index in [-0.39, 0.29) is 41.8 Å². The lowest BCUT2D eigenvalue weighted by molar-refractivity contribution is -0.272. The van der Waals surface area contributed by atoms with Crippen LogP contribution in [0, 0.1) is 46.3 Å². The zero-order chi connectivity index (χ0) is 30.1. The van der Waals surface area contributed by atoms with Crippen molar-refractivity contribution in [3.05, 3.63) is 47.5 Å². The van der Waals surface area contributed by atoms with Gasteiger partial charge in [0.1, 0.15) is 18.8 Å². The molecule has 3 heterocycles. The number of carbonyl (C=O) groups excluding carboxylic acids is 2. The van der Waals surface area contributed by atoms with Crippen molar-refractivity contribution in [1.82, 2.24) is 15.0 Å². The molecule has 43 heavy (non-hydrogen) atoms. The van der Waals surface area contributed by atoms with E-state index in [1.165, 1.54) is 11.1 Å². The molecule has 10 atom stereocenters. The molecule has 1 aromatic rings. The van der Waals surface area contributed by atoms with Crippen LogP contribution in [0.5, 0.6) is 0 Å². The summed E-state index contributed by atoms with van der Waals surface area (Å²) in [7, 11) is 0. The predicted molar refractivity (Wildman–Crippen MR) is 157 cm³/mol. The fraction of sp³-hybridized carbons (Fsp3) is 0.706. The third-order valence-electron chi connectivity index (χ3n) is 12.0. The van der Waals surface area contributed by atoms with Gasteiger partial charge in [-0.3, -0.25) is 9.59 Å². The predicted octanol–water partition coefficient (Wildman–Crippen LogP) is 5.17. The van der Waals surface area contributed by atoms with Crippen molar-refractivity contribution < 1.29 is 28.5 Å². The van der Waals surface area contributed by atoms with Gasteiger partial charge >= 0.3 is 5.97 Å². The fourth-order valence-corrected chi connectivity index (χ4v) is 9.83. The van der Waals surface area contributed by atoms with Crippen molar-refractivity contribution in [2.45, 2.75) is 91.8 Å². The number of nitrogens with zero attached hydrogens (tertiary/aromatic N) is 3. The Morgan fingerprint density at radius 1 is 1.19 bits per heavy atom. The number of hydrogen-bond donors (Lipinski definition) is 0. The molecule has 7 rings (SSSR count). The molecule has 9 nitrogen and oxygen atoms in total. The minimum atomic E-state index is -0.403. The number of fused-ring (bicyclic) bond motifs is 7. The van der Waals surface area contributed by atoms with Gasteiger partial charge in [-0.1, -0.05) is 45.1 Å². The van der Waals surface area contributed by atoms with E-state index < -0.39 is 5.79 Å². The first kappa shape index (κ1) is 29.0. The molecule has 4 fully saturated rings. The average molecular weight is 592 g/mol. The summed E-state index contributed by atoms with van der Waals surface area (Å²) < 4.78 is 25.9. The number of carbonyl (C=O) groups is 2. The minimum Gasteiger partial charge on any atom is -0.483 e. The smallest absolute Gasteiger partial charge is 0.327 e. The molecule has 0 aromatic carbocycles.